The molecule has 0 rings (SSSR count). The predicted molar refractivity (Wildman–Crippen MR) is 315 cm³/mol. The van der Waals surface area contributed by atoms with Gasteiger partial charge in [-0.2, -0.15) is 0 Å². The first-order valence-corrected chi connectivity index (χ1v) is 33.3. The van der Waals surface area contributed by atoms with E-state index in [0.29, 0.717) is 25.9 Å². The Kier molecular flexibility index (Phi) is 61.4. The average Bonchev–Trinajstić information content (AvgIpc) is 3.38. The van der Waals surface area contributed by atoms with Gasteiger partial charge >= 0.3 is 5.97 Å². The zero-order chi connectivity index (χ0) is 52.2. The van der Waals surface area contributed by atoms with Crippen molar-refractivity contribution >= 4 is 11.9 Å². The lowest BCUT2D eigenvalue weighted by Gasteiger charge is -2.22. The highest BCUT2D eigenvalue weighted by Crippen LogP contribution is 2.19. The molecule has 0 radical (unpaired) electrons. The molecule has 0 aliphatic carbocycles. The number of hydrogen-bond acceptors (Lipinski definition) is 5. The van der Waals surface area contributed by atoms with Gasteiger partial charge in [0.25, 0.3) is 0 Å². The first-order chi connectivity index (χ1) is 35.5. The van der Waals surface area contributed by atoms with Crippen LogP contribution in [0.25, 0.3) is 0 Å². The van der Waals surface area contributed by atoms with E-state index in [9.17, 15) is 19.8 Å². The Bertz CT molecular complexity index is 1040. The summed E-state index contributed by atoms with van der Waals surface area (Å²) in [6.07, 6.45) is 74.1. The van der Waals surface area contributed by atoms with Crippen LogP contribution in [0.2, 0.25) is 0 Å². The summed E-state index contributed by atoms with van der Waals surface area (Å²) >= 11 is 0. The smallest absolute Gasteiger partial charge is 0.305 e. The van der Waals surface area contributed by atoms with Crippen LogP contribution in [0.5, 0.6) is 0 Å². The Morgan fingerprint density at radius 1 is 0.333 bits per heavy atom. The quantitative estimate of drug-likeness (QED) is 0.0417. The molecule has 0 fully saturated rings. The summed E-state index contributed by atoms with van der Waals surface area (Å²) in [5.41, 5.74) is 0. The minimum absolute atomic E-state index is 0.0161. The van der Waals surface area contributed by atoms with Gasteiger partial charge in [0.05, 0.1) is 25.4 Å². The second-order valence-corrected chi connectivity index (χ2v) is 23.2. The molecule has 6 nitrogen and oxygen atoms in total. The van der Waals surface area contributed by atoms with E-state index in [2.05, 4.69) is 19.2 Å². The number of carbonyl (C=O) groups is 2. The van der Waals surface area contributed by atoms with Crippen molar-refractivity contribution in [3.63, 3.8) is 0 Å². The summed E-state index contributed by atoms with van der Waals surface area (Å²) in [6.45, 7) is 4.99. The number of aliphatic hydroxyl groups is 2. The molecule has 0 aromatic rings. The van der Waals surface area contributed by atoms with Crippen LogP contribution in [0, 0.1) is 0 Å². The molecule has 0 saturated carbocycles. The van der Waals surface area contributed by atoms with Gasteiger partial charge in [-0.25, -0.2) is 0 Å². The lowest BCUT2D eigenvalue weighted by atomic mass is 10.0. The molecular formula is C66H131NO5. The number of rotatable bonds is 63. The Morgan fingerprint density at radius 3 is 0.847 bits per heavy atom. The molecule has 2 atom stereocenters. The standard InChI is InChI=1S/C66H131NO5/c1-3-5-7-9-11-13-15-17-18-19-20-25-28-31-35-38-42-46-50-54-58-64(69)63(62-68)67-65(70)59-55-51-47-43-39-36-32-29-26-23-21-22-24-27-30-33-37-41-45-49-53-57-61-72-66(71)60-56-52-48-44-40-34-16-14-12-10-8-6-4-2/h63-64,68-69H,3-62H2,1-2H3,(H,67,70). The van der Waals surface area contributed by atoms with Gasteiger partial charge in [-0.15, -0.1) is 0 Å². The summed E-state index contributed by atoms with van der Waals surface area (Å²) in [5.74, 6) is -0.0141. The molecule has 72 heavy (non-hydrogen) atoms. The third-order valence-electron chi connectivity index (χ3n) is 15.9. The van der Waals surface area contributed by atoms with Gasteiger partial charge in [0.15, 0.2) is 0 Å². The maximum Gasteiger partial charge on any atom is 0.305 e. The SMILES string of the molecule is CCCCCCCCCCCCCCCCCCCCCCC(O)C(CO)NC(=O)CCCCCCCCCCCCCCCCCCCCCCCCOC(=O)CCCCCCCCCCCCCCC. The van der Waals surface area contributed by atoms with Gasteiger partial charge in [0.2, 0.25) is 5.91 Å². The second-order valence-electron chi connectivity index (χ2n) is 23.2. The van der Waals surface area contributed by atoms with Crippen LogP contribution >= 0.6 is 0 Å². The molecule has 430 valence electrons. The Morgan fingerprint density at radius 2 is 0.569 bits per heavy atom. The molecule has 0 heterocycles. The van der Waals surface area contributed by atoms with Crippen molar-refractivity contribution in [1.29, 1.82) is 0 Å². The minimum Gasteiger partial charge on any atom is -0.466 e. The Balaban J connectivity index is 3.37. The van der Waals surface area contributed by atoms with Crippen LogP contribution in [0.3, 0.4) is 0 Å². The molecule has 0 bridgehead atoms. The fourth-order valence-corrected chi connectivity index (χ4v) is 10.8. The molecular weight excluding hydrogens is 887 g/mol. The van der Waals surface area contributed by atoms with E-state index in [1.54, 1.807) is 0 Å². The van der Waals surface area contributed by atoms with Crippen LogP contribution in [-0.4, -0.2) is 47.4 Å². The van der Waals surface area contributed by atoms with Crippen molar-refractivity contribution < 1.29 is 24.5 Å². The van der Waals surface area contributed by atoms with Crippen molar-refractivity contribution in [3.8, 4) is 0 Å². The summed E-state index contributed by atoms with van der Waals surface area (Å²) in [5, 5.41) is 23.4. The van der Waals surface area contributed by atoms with Crippen molar-refractivity contribution in [2.24, 2.45) is 0 Å². The van der Waals surface area contributed by atoms with Crippen LogP contribution < -0.4 is 5.32 Å². The molecule has 6 heteroatoms. The van der Waals surface area contributed by atoms with Gasteiger partial charge in [-0.1, -0.05) is 348 Å². The molecule has 0 aromatic carbocycles. The number of unbranched alkanes of at least 4 members (excludes halogenated alkanes) is 52. The fraction of sp³-hybridized carbons (Fsp3) is 0.970. The number of amides is 1. The van der Waals surface area contributed by atoms with E-state index < -0.39 is 12.1 Å². The van der Waals surface area contributed by atoms with E-state index in [1.165, 1.54) is 315 Å². The zero-order valence-electron chi connectivity index (χ0n) is 49.2. The maximum absolute atomic E-state index is 12.5. The third-order valence-corrected chi connectivity index (χ3v) is 15.9. The maximum atomic E-state index is 12.5. The van der Waals surface area contributed by atoms with Gasteiger partial charge in [0, 0.05) is 12.8 Å². The third kappa shape index (κ3) is 58.1. The fourth-order valence-electron chi connectivity index (χ4n) is 10.8. The monoisotopic (exact) mass is 1020 g/mol. The van der Waals surface area contributed by atoms with Crippen LogP contribution in [0.1, 0.15) is 386 Å². The van der Waals surface area contributed by atoms with E-state index in [0.717, 1.165) is 38.5 Å². The molecule has 0 aliphatic rings. The summed E-state index contributed by atoms with van der Waals surface area (Å²) in [4.78, 5) is 24.6. The van der Waals surface area contributed by atoms with Crippen LogP contribution in [0.15, 0.2) is 0 Å². The largest absolute Gasteiger partial charge is 0.466 e. The summed E-state index contributed by atoms with van der Waals surface area (Å²) < 4.78 is 5.48. The molecule has 1 amide bonds. The highest BCUT2D eigenvalue weighted by Gasteiger charge is 2.20. The van der Waals surface area contributed by atoms with E-state index in [4.69, 9.17) is 4.74 Å². The van der Waals surface area contributed by atoms with E-state index >= 15 is 0 Å². The zero-order valence-corrected chi connectivity index (χ0v) is 49.2. The molecule has 3 N–H and O–H groups in total. The second kappa shape index (κ2) is 62.4. The Labute approximate surface area is 451 Å². The number of esters is 1. The number of carbonyl (C=O) groups excluding carboxylic acids is 2. The van der Waals surface area contributed by atoms with Crippen molar-refractivity contribution in [1.82, 2.24) is 5.32 Å². The topological polar surface area (TPSA) is 95.9 Å². The highest BCUT2D eigenvalue weighted by molar-refractivity contribution is 5.76. The average molecular weight is 1020 g/mol. The number of aliphatic hydroxyl groups excluding tert-OH is 2. The molecule has 0 aliphatic heterocycles. The predicted octanol–water partition coefficient (Wildman–Crippen LogP) is 21.0. The number of hydrogen-bond donors (Lipinski definition) is 3. The van der Waals surface area contributed by atoms with Crippen molar-refractivity contribution in [3.05, 3.63) is 0 Å². The van der Waals surface area contributed by atoms with Gasteiger partial charge in [-0.3, -0.25) is 9.59 Å². The molecule has 2 unspecified atom stereocenters. The summed E-state index contributed by atoms with van der Waals surface area (Å²) in [6, 6.07) is -0.541. The first kappa shape index (κ1) is 70.9. The van der Waals surface area contributed by atoms with E-state index in [-0.39, 0.29) is 18.5 Å². The van der Waals surface area contributed by atoms with Crippen molar-refractivity contribution in [2.45, 2.75) is 398 Å². The van der Waals surface area contributed by atoms with Crippen LogP contribution in [0.4, 0.5) is 0 Å². The molecule has 0 aromatic heterocycles. The minimum atomic E-state index is -0.664. The lowest BCUT2D eigenvalue weighted by molar-refractivity contribution is -0.143. The van der Waals surface area contributed by atoms with Crippen LogP contribution in [-0.2, 0) is 14.3 Å². The normalized spacial score (nSPS) is 12.4. The van der Waals surface area contributed by atoms with Crippen molar-refractivity contribution in [2.75, 3.05) is 13.2 Å². The van der Waals surface area contributed by atoms with E-state index in [1.807, 2.05) is 0 Å². The number of ether oxygens (including phenoxy) is 1. The van der Waals surface area contributed by atoms with Gasteiger partial charge < -0.3 is 20.3 Å². The highest BCUT2D eigenvalue weighted by atomic mass is 16.5. The molecule has 0 saturated heterocycles. The lowest BCUT2D eigenvalue weighted by Crippen LogP contribution is -2.45. The Hall–Kier alpha value is -1.14. The first-order valence-electron chi connectivity index (χ1n) is 33.3. The van der Waals surface area contributed by atoms with Gasteiger partial charge in [-0.05, 0) is 25.7 Å². The van der Waals surface area contributed by atoms with Gasteiger partial charge in [0.1, 0.15) is 0 Å². The number of nitrogens with one attached hydrogen (secondary N) is 1. The summed E-state index contributed by atoms with van der Waals surface area (Å²) in [7, 11) is 0. The molecule has 0 spiro atoms.